The highest BCUT2D eigenvalue weighted by Crippen LogP contribution is 2.11. The molecule has 0 aliphatic heterocycles. The van der Waals surface area contributed by atoms with Crippen LogP contribution in [0.4, 0.5) is 0 Å². The molecule has 0 aliphatic carbocycles. The van der Waals surface area contributed by atoms with Gasteiger partial charge in [0.15, 0.2) is 6.04 Å². The van der Waals surface area contributed by atoms with E-state index in [0.717, 1.165) is 0 Å². The van der Waals surface area contributed by atoms with Crippen molar-refractivity contribution in [3.63, 3.8) is 0 Å². The quantitative estimate of drug-likeness (QED) is 0.692. The number of carbonyl (C=O) groups is 2. The third-order valence-corrected chi connectivity index (χ3v) is 2.82. The van der Waals surface area contributed by atoms with Gasteiger partial charge in [-0.2, -0.15) is 0 Å². The van der Waals surface area contributed by atoms with Crippen LogP contribution in [0.15, 0.2) is 24.3 Å². The van der Waals surface area contributed by atoms with Crippen molar-refractivity contribution in [3.8, 4) is 5.75 Å². The first-order chi connectivity index (χ1) is 9.99. The van der Waals surface area contributed by atoms with Crippen LogP contribution in [-0.4, -0.2) is 50.1 Å². The van der Waals surface area contributed by atoms with Crippen molar-refractivity contribution < 1.29 is 28.9 Å². The Morgan fingerprint density at radius 1 is 1.24 bits per heavy atom. The van der Waals surface area contributed by atoms with Gasteiger partial charge < -0.3 is 24.6 Å². The van der Waals surface area contributed by atoms with E-state index < -0.39 is 24.0 Å². The summed E-state index contributed by atoms with van der Waals surface area (Å²) in [5.41, 5.74) is 0.334. The Kier molecular flexibility index (Phi) is 6.64. The summed E-state index contributed by atoms with van der Waals surface area (Å²) in [6.45, 7) is 1.50. The molecule has 116 valence electrons. The maximum atomic E-state index is 12.0. The second-order valence-corrected chi connectivity index (χ2v) is 4.30. The number of carboxylic acids is 1. The number of methoxy groups -OCH3 is 2. The summed E-state index contributed by atoms with van der Waals surface area (Å²) >= 11 is 0. The molecular weight excluding hydrogens is 278 g/mol. The van der Waals surface area contributed by atoms with Crippen LogP contribution in [0.2, 0.25) is 0 Å². The van der Waals surface area contributed by atoms with Gasteiger partial charge in [0.25, 0.3) is 5.91 Å². The minimum absolute atomic E-state index is 0.0522. The molecule has 2 atom stereocenters. The smallest absolute Gasteiger partial charge is 0.328 e. The molecule has 2 N–H and O–H groups in total. The van der Waals surface area contributed by atoms with Gasteiger partial charge in [-0.15, -0.1) is 0 Å². The van der Waals surface area contributed by atoms with Crippen molar-refractivity contribution in [1.82, 2.24) is 5.32 Å². The lowest BCUT2D eigenvalue weighted by Gasteiger charge is -2.21. The van der Waals surface area contributed by atoms with Crippen LogP contribution in [0.5, 0.6) is 5.75 Å². The van der Waals surface area contributed by atoms with E-state index in [2.05, 4.69) is 5.32 Å². The zero-order chi connectivity index (χ0) is 15.8. The second kappa shape index (κ2) is 8.23. The monoisotopic (exact) mass is 297 g/mol. The molecule has 0 unspecified atom stereocenters. The van der Waals surface area contributed by atoms with Crippen molar-refractivity contribution in [1.29, 1.82) is 0 Å². The lowest BCUT2D eigenvalue weighted by Crippen LogP contribution is -2.48. The first kappa shape index (κ1) is 16.9. The summed E-state index contributed by atoms with van der Waals surface area (Å²) in [4.78, 5) is 23.3. The molecule has 0 saturated heterocycles. The van der Waals surface area contributed by atoms with Gasteiger partial charge in [0.05, 0.1) is 13.2 Å². The van der Waals surface area contributed by atoms with Crippen LogP contribution in [0.1, 0.15) is 17.3 Å². The number of nitrogens with one attached hydrogen (secondary N) is 1. The van der Waals surface area contributed by atoms with Crippen LogP contribution in [-0.2, 0) is 14.3 Å². The van der Waals surface area contributed by atoms with Crippen LogP contribution < -0.4 is 10.1 Å². The second-order valence-electron chi connectivity index (χ2n) is 4.30. The Labute approximate surface area is 122 Å². The van der Waals surface area contributed by atoms with E-state index in [1.165, 1.54) is 14.2 Å². The van der Waals surface area contributed by atoms with Crippen LogP contribution in [0.3, 0.4) is 0 Å². The minimum atomic E-state index is -1.18. The number of ether oxygens (including phenoxy) is 3. The summed E-state index contributed by atoms with van der Waals surface area (Å²) < 4.78 is 14.9. The highest BCUT2D eigenvalue weighted by atomic mass is 16.7. The Balaban J connectivity index is 2.73. The van der Waals surface area contributed by atoms with Crippen LogP contribution in [0.25, 0.3) is 0 Å². The fourth-order valence-electron chi connectivity index (χ4n) is 1.62. The van der Waals surface area contributed by atoms with Gasteiger partial charge in [0.2, 0.25) is 0 Å². The van der Waals surface area contributed by atoms with Crippen molar-refractivity contribution >= 4 is 11.9 Å². The van der Waals surface area contributed by atoms with Gasteiger partial charge in [0.1, 0.15) is 12.5 Å². The molecule has 0 heterocycles. The zero-order valence-corrected chi connectivity index (χ0v) is 12.2. The highest BCUT2D eigenvalue weighted by molar-refractivity contribution is 5.96. The van der Waals surface area contributed by atoms with Crippen molar-refractivity contribution in [2.75, 3.05) is 21.0 Å². The Bertz CT molecular complexity index is 473. The van der Waals surface area contributed by atoms with Crippen LogP contribution >= 0.6 is 0 Å². The van der Waals surface area contributed by atoms with E-state index in [0.29, 0.717) is 11.3 Å². The molecule has 0 aliphatic rings. The maximum Gasteiger partial charge on any atom is 0.328 e. The van der Waals surface area contributed by atoms with E-state index in [4.69, 9.17) is 19.3 Å². The molecule has 0 saturated carbocycles. The topological polar surface area (TPSA) is 94.1 Å². The summed E-state index contributed by atoms with van der Waals surface area (Å²) in [5.74, 6) is -1.07. The Morgan fingerprint density at radius 2 is 1.86 bits per heavy atom. The number of carboxylic acid groups (broad SMARTS) is 1. The molecular formula is C14H19NO6. The van der Waals surface area contributed by atoms with E-state index in [1.807, 2.05) is 0 Å². The maximum absolute atomic E-state index is 12.0. The Hall–Kier alpha value is -2.12. The Morgan fingerprint density at radius 3 is 2.33 bits per heavy atom. The zero-order valence-electron chi connectivity index (χ0n) is 12.2. The third-order valence-electron chi connectivity index (χ3n) is 2.82. The number of hydrogen-bond donors (Lipinski definition) is 2. The lowest BCUT2D eigenvalue weighted by molar-refractivity contribution is -0.146. The largest absolute Gasteiger partial charge is 0.497 e. The molecule has 1 rings (SSSR count). The molecule has 1 aromatic carbocycles. The number of hydrogen-bond acceptors (Lipinski definition) is 5. The molecule has 0 bridgehead atoms. The van der Waals surface area contributed by atoms with Crippen molar-refractivity contribution in [2.45, 2.75) is 19.1 Å². The number of benzene rings is 1. The third kappa shape index (κ3) is 5.05. The number of aliphatic carboxylic acids is 1. The van der Waals surface area contributed by atoms with Gasteiger partial charge in [-0.3, -0.25) is 4.79 Å². The number of rotatable bonds is 8. The first-order valence-electron chi connectivity index (χ1n) is 6.27. The molecule has 7 nitrogen and oxygen atoms in total. The average molecular weight is 297 g/mol. The average Bonchev–Trinajstić information content (AvgIpc) is 2.49. The summed E-state index contributed by atoms with van der Waals surface area (Å²) in [7, 11) is 2.95. The lowest BCUT2D eigenvalue weighted by atomic mass is 10.1. The first-order valence-corrected chi connectivity index (χ1v) is 6.27. The SMILES string of the molecule is COCO[C@H](C)[C@H](NC(=O)c1ccc(OC)cc1)C(=O)O. The fourth-order valence-corrected chi connectivity index (χ4v) is 1.62. The molecule has 7 heteroatoms. The van der Waals surface area contributed by atoms with Gasteiger partial charge in [-0.1, -0.05) is 0 Å². The van der Waals surface area contributed by atoms with Gasteiger partial charge >= 0.3 is 5.97 Å². The van der Waals surface area contributed by atoms with E-state index in [1.54, 1.807) is 31.2 Å². The predicted molar refractivity (Wildman–Crippen MR) is 74.3 cm³/mol. The molecule has 21 heavy (non-hydrogen) atoms. The molecule has 0 fully saturated rings. The standard InChI is InChI=1S/C14H19NO6/c1-9(21-8-19-2)12(14(17)18)15-13(16)10-4-6-11(20-3)7-5-10/h4-7,9,12H,8H2,1-3H3,(H,15,16)(H,17,18)/t9-,12+/m1/s1. The number of amides is 1. The highest BCUT2D eigenvalue weighted by Gasteiger charge is 2.27. The van der Waals surface area contributed by atoms with Gasteiger partial charge in [-0.25, -0.2) is 4.79 Å². The summed E-state index contributed by atoms with van der Waals surface area (Å²) in [5, 5.41) is 11.6. The van der Waals surface area contributed by atoms with Gasteiger partial charge in [0, 0.05) is 12.7 Å². The van der Waals surface area contributed by atoms with Crippen LogP contribution in [0, 0.1) is 0 Å². The van der Waals surface area contributed by atoms with E-state index in [9.17, 15) is 9.59 Å². The molecule has 1 aromatic rings. The van der Waals surface area contributed by atoms with E-state index >= 15 is 0 Å². The van der Waals surface area contributed by atoms with Crippen molar-refractivity contribution in [3.05, 3.63) is 29.8 Å². The summed E-state index contributed by atoms with van der Waals surface area (Å²) in [6, 6.07) is 5.17. The fraction of sp³-hybridized carbons (Fsp3) is 0.429. The minimum Gasteiger partial charge on any atom is -0.497 e. The summed E-state index contributed by atoms with van der Waals surface area (Å²) in [6.07, 6.45) is -0.732. The molecule has 1 amide bonds. The number of carbonyl (C=O) groups excluding carboxylic acids is 1. The predicted octanol–water partition coefficient (Wildman–Crippen LogP) is 0.887. The van der Waals surface area contributed by atoms with Gasteiger partial charge in [-0.05, 0) is 31.2 Å². The normalized spacial score (nSPS) is 13.3. The molecule has 0 radical (unpaired) electrons. The van der Waals surface area contributed by atoms with E-state index in [-0.39, 0.29) is 6.79 Å². The molecule has 0 aromatic heterocycles. The van der Waals surface area contributed by atoms with Crippen molar-refractivity contribution in [2.24, 2.45) is 0 Å². The molecule has 0 spiro atoms.